The SMILES string of the molecule is Cc1ccc(NC2=C(c3ccc(C)c(C)c3)C(=O)N(CCCOC(C)C)C2=O)c(C)c1. The van der Waals surface area contributed by atoms with E-state index in [9.17, 15) is 9.59 Å². The van der Waals surface area contributed by atoms with Crippen LogP contribution in [0.25, 0.3) is 5.57 Å². The van der Waals surface area contributed by atoms with Crippen molar-refractivity contribution in [1.82, 2.24) is 4.90 Å². The quantitative estimate of drug-likeness (QED) is 0.486. The van der Waals surface area contributed by atoms with Crippen LogP contribution in [0.1, 0.15) is 48.1 Å². The van der Waals surface area contributed by atoms with E-state index < -0.39 is 0 Å². The summed E-state index contributed by atoms with van der Waals surface area (Å²) in [5, 5.41) is 3.27. The molecule has 0 saturated heterocycles. The molecule has 1 aliphatic rings. The first kappa shape index (κ1) is 22.8. The molecule has 0 fully saturated rings. The number of rotatable bonds is 8. The first-order chi connectivity index (χ1) is 14.7. The van der Waals surface area contributed by atoms with Crippen molar-refractivity contribution in [3.63, 3.8) is 0 Å². The predicted octanol–water partition coefficient (Wildman–Crippen LogP) is 4.93. The zero-order valence-electron chi connectivity index (χ0n) is 19.3. The van der Waals surface area contributed by atoms with Crippen molar-refractivity contribution in [2.45, 2.75) is 54.1 Å². The minimum Gasteiger partial charge on any atom is -0.379 e. The zero-order valence-corrected chi connectivity index (χ0v) is 19.3. The summed E-state index contributed by atoms with van der Waals surface area (Å²) < 4.78 is 5.58. The van der Waals surface area contributed by atoms with Gasteiger partial charge in [0.25, 0.3) is 11.8 Å². The lowest BCUT2D eigenvalue weighted by Gasteiger charge is -2.16. The number of amides is 2. The molecule has 5 nitrogen and oxygen atoms in total. The molecule has 1 aliphatic heterocycles. The maximum Gasteiger partial charge on any atom is 0.278 e. The Balaban J connectivity index is 1.96. The molecule has 0 bridgehead atoms. The molecule has 1 N–H and O–H groups in total. The van der Waals surface area contributed by atoms with Crippen LogP contribution in [0.2, 0.25) is 0 Å². The summed E-state index contributed by atoms with van der Waals surface area (Å²) in [7, 11) is 0. The third-order valence-corrected chi connectivity index (χ3v) is 5.58. The van der Waals surface area contributed by atoms with Gasteiger partial charge in [-0.3, -0.25) is 14.5 Å². The van der Waals surface area contributed by atoms with E-state index in [-0.39, 0.29) is 17.9 Å². The molecule has 2 amide bonds. The zero-order chi connectivity index (χ0) is 22.7. The fourth-order valence-electron chi connectivity index (χ4n) is 3.69. The average Bonchev–Trinajstić information content (AvgIpc) is 2.93. The van der Waals surface area contributed by atoms with E-state index in [4.69, 9.17) is 4.74 Å². The summed E-state index contributed by atoms with van der Waals surface area (Å²) in [6, 6.07) is 11.9. The normalized spacial score (nSPS) is 14.2. The van der Waals surface area contributed by atoms with Gasteiger partial charge in [0.1, 0.15) is 5.70 Å². The lowest BCUT2D eigenvalue weighted by Crippen LogP contribution is -2.34. The number of carbonyl (C=O) groups excluding carboxylic acids is 2. The van der Waals surface area contributed by atoms with Crippen LogP contribution >= 0.6 is 0 Å². The number of nitrogens with zero attached hydrogens (tertiary/aromatic N) is 1. The van der Waals surface area contributed by atoms with Gasteiger partial charge in [0, 0.05) is 18.8 Å². The van der Waals surface area contributed by atoms with Crippen molar-refractivity contribution in [2.75, 3.05) is 18.5 Å². The van der Waals surface area contributed by atoms with Gasteiger partial charge in [0.2, 0.25) is 0 Å². The van der Waals surface area contributed by atoms with Crippen LogP contribution in [-0.2, 0) is 14.3 Å². The first-order valence-corrected chi connectivity index (χ1v) is 10.8. The maximum absolute atomic E-state index is 13.3. The Morgan fingerprint density at radius 3 is 2.29 bits per heavy atom. The van der Waals surface area contributed by atoms with Gasteiger partial charge in [-0.25, -0.2) is 0 Å². The van der Waals surface area contributed by atoms with E-state index in [1.54, 1.807) is 0 Å². The second-order valence-electron chi connectivity index (χ2n) is 8.53. The molecular formula is C26H32N2O3. The minimum atomic E-state index is -0.289. The highest BCUT2D eigenvalue weighted by molar-refractivity contribution is 6.36. The van der Waals surface area contributed by atoms with Gasteiger partial charge in [-0.05, 0) is 76.3 Å². The average molecular weight is 421 g/mol. The monoisotopic (exact) mass is 420 g/mol. The van der Waals surface area contributed by atoms with Crippen LogP contribution in [0.5, 0.6) is 0 Å². The van der Waals surface area contributed by atoms with E-state index in [1.165, 1.54) is 4.90 Å². The van der Waals surface area contributed by atoms with Crippen molar-refractivity contribution in [1.29, 1.82) is 0 Å². The Morgan fingerprint density at radius 1 is 0.903 bits per heavy atom. The lowest BCUT2D eigenvalue weighted by molar-refractivity contribution is -0.137. The van der Waals surface area contributed by atoms with Gasteiger partial charge in [0.05, 0.1) is 11.7 Å². The summed E-state index contributed by atoms with van der Waals surface area (Å²) in [4.78, 5) is 28.0. The predicted molar refractivity (Wildman–Crippen MR) is 125 cm³/mol. The molecule has 2 aromatic rings. The molecule has 0 aliphatic carbocycles. The number of benzene rings is 2. The Kier molecular flexibility index (Phi) is 6.96. The van der Waals surface area contributed by atoms with Gasteiger partial charge < -0.3 is 10.1 Å². The van der Waals surface area contributed by atoms with E-state index in [1.807, 2.05) is 71.9 Å². The Labute approximate surface area is 185 Å². The largest absolute Gasteiger partial charge is 0.379 e. The summed E-state index contributed by atoms with van der Waals surface area (Å²) in [6.07, 6.45) is 0.725. The van der Waals surface area contributed by atoms with Crippen molar-refractivity contribution in [3.8, 4) is 0 Å². The van der Waals surface area contributed by atoms with Crippen molar-refractivity contribution >= 4 is 23.1 Å². The summed E-state index contributed by atoms with van der Waals surface area (Å²) in [6.45, 7) is 12.8. The maximum atomic E-state index is 13.3. The summed E-state index contributed by atoms with van der Waals surface area (Å²) in [5.41, 5.74) is 6.75. The highest BCUT2D eigenvalue weighted by atomic mass is 16.5. The van der Waals surface area contributed by atoms with E-state index in [0.29, 0.717) is 30.8 Å². The Morgan fingerprint density at radius 2 is 1.65 bits per heavy atom. The molecule has 31 heavy (non-hydrogen) atoms. The van der Waals surface area contributed by atoms with Crippen LogP contribution in [0.4, 0.5) is 5.69 Å². The number of imide groups is 1. The van der Waals surface area contributed by atoms with Crippen LogP contribution in [0, 0.1) is 27.7 Å². The molecule has 0 radical (unpaired) electrons. The number of anilines is 1. The van der Waals surface area contributed by atoms with Crippen molar-refractivity contribution in [2.24, 2.45) is 0 Å². The number of hydrogen-bond acceptors (Lipinski definition) is 4. The summed E-state index contributed by atoms with van der Waals surface area (Å²) in [5.74, 6) is -0.548. The second-order valence-corrected chi connectivity index (χ2v) is 8.53. The molecule has 164 valence electrons. The highest BCUT2D eigenvalue weighted by Crippen LogP contribution is 2.32. The Bertz CT molecular complexity index is 1040. The molecule has 0 spiro atoms. The number of nitrogens with one attached hydrogen (secondary N) is 1. The second kappa shape index (κ2) is 9.48. The third-order valence-electron chi connectivity index (χ3n) is 5.58. The van der Waals surface area contributed by atoms with E-state index >= 15 is 0 Å². The number of ether oxygens (including phenoxy) is 1. The number of aryl methyl sites for hydroxylation is 4. The number of hydrogen-bond donors (Lipinski definition) is 1. The molecule has 1 heterocycles. The molecule has 5 heteroatoms. The number of carbonyl (C=O) groups is 2. The highest BCUT2D eigenvalue weighted by Gasteiger charge is 2.39. The summed E-state index contributed by atoms with van der Waals surface area (Å²) >= 11 is 0. The minimum absolute atomic E-state index is 0.121. The van der Waals surface area contributed by atoms with Gasteiger partial charge in [0.15, 0.2) is 0 Å². The van der Waals surface area contributed by atoms with Crippen LogP contribution < -0.4 is 5.32 Å². The Hall–Kier alpha value is -2.92. The molecule has 2 aromatic carbocycles. The molecular weight excluding hydrogens is 388 g/mol. The third kappa shape index (κ3) is 5.05. The first-order valence-electron chi connectivity index (χ1n) is 10.8. The van der Waals surface area contributed by atoms with Crippen LogP contribution in [0.3, 0.4) is 0 Å². The smallest absolute Gasteiger partial charge is 0.278 e. The van der Waals surface area contributed by atoms with Crippen LogP contribution in [-0.4, -0.2) is 36.0 Å². The van der Waals surface area contributed by atoms with Crippen LogP contribution in [0.15, 0.2) is 42.1 Å². The fourth-order valence-corrected chi connectivity index (χ4v) is 3.69. The topological polar surface area (TPSA) is 58.6 Å². The van der Waals surface area contributed by atoms with Crippen molar-refractivity contribution < 1.29 is 14.3 Å². The fraction of sp³-hybridized carbons (Fsp3) is 0.385. The van der Waals surface area contributed by atoms with Gasteiger partial charge in [-0.15, -0.1) is 0 Å². The molecule has 3 rings (SSSR count). The van der Waals surface area contributed by atoms with E-state index in [2.05, 4.69) is 11.4 Å². The van der Waals surface area contributed by atoms with Crippen molar-refractivity contribution in [3.05, 3.63) is 69.9 Å². The molecule has 0 atom stereocenters. The molecule has 0 aromatic heterocycles. The van der Waals surface area contributed by atoms with Gasteiger partial charge in [-0.2, -0.15) is 0 Å². The lowest BCUT2D eigenvalue weighted by atomic mass is 9.99. The van der Waals surface area contributed by atoms with Gasteiger partial charge >= 0.3 is 0 Å². The molecule has 0 saturated carbocycles. The standard InChI is InChI=1S/C26H32N2O3/c1-16(2)31-13-7-12-28-25(29)23(21-10-9-18(4)19(5)15-21)24(26(28)30)27-22-11-8-17(3)14-20(22)6/h8-11,14-16,27H,7,12-13H2,1-6H3. The van der Waals surface area contributed by atoms with E-state index in [0.717, 1.165) is 33.5 Å². The molecule has 0 unspecified atom stereocenters. The van der Waals surface area contributed by atoms with Gasteiger partial charge in [-0.1, -0.05) is 35.9 Å².